The lowest BCUT2D eigenvalue weighted by molar-refractivity contribution is -0.114. The predicted molar refractivity (Wildman–Crippen MR) is 106 cm³/mol. The van der Waals surface area contributed by atoms with Gasteiger partial charge in [-0.05, 0) is 30.5 Å². The average molecular weight is 423 g/mol. The van der Waals surface area contributed by atoms with Crippen molar-refractivity contribution in [1.29, 1.82) is 0 Å². The van der Waals surface area contributed by atoms with Crippen LogP contribution < -0.4 is 20.1 Å². The number of thioether (sulfide) groups is 1. The molecular weight excluding hydrogens is 406 g/mol. The normalized spacial score (nSPS) is 10.8. The Hall–Kier alpha value is -3.05. The Morgan fingerprint density at radius 2 is 1.75 bits per heavy atom. The molecular formula is C17H17N3O6S2. The van der Waals surface area contributed by atoms with E-state index in [4.69, 9.17) is 9.92 Å². The number of hydrogen-bond donors (Lipinski definition) is 2. The Morgan fingerprint density at radius 1 is 1.11 bits per heavy atom. The molecule has 11 heteroatoms. The number of hydrogen-bond acceptors (Lipinski definition) is 7. The number of carbonyl (C=O) groups excluding carboxylic acids is 3. The lowest BCUT2D eigenvalue weighted by atomic mass is 10.2. The Bertz CT molecular complexity index is 1010. The molecule has 2 aromatic rings. The van der Waals surface area contributed by atoms with Gasteiger partial charge in [-0.15, -0.1) is 0 Å². The first kappa shape index (κ1) is 21.3. The summed E-state index contributed by atoms with van der Waals surface area (Å²) >= 11 is 0.714. The van der Waals surface area contributed by atoms with E-state index < -0.39 is 27.3 Å². The van der Waals surface area contributed by atoms with Crippen LogP contribution in [0.5, 0.6) is 5.75 Å². The summed E-state index contributed by atoms with van der Waals surface area (Å²) in [7, 11) is -4.15. The highest BCUT2D eigenvalue weighted by molar-refractivity contribution is 8.13. The summed E-state index contributed by atoms with van der Waals surface area (Å²) in [5.41, 5.74) is 5.25. The number of nitrogens with one attached hydrogen (secondary N) is 1. The van der Waals surface area contributed by atoms with Crippen molar-refractivity contribution in [2.75, 3.05) is 16.5 Å². The van der Waals surface area contributed by atoms with Crippen LogP contribution in [0.15, 0.2) is 53.4 Å². The zero-order chi connectivity index (χ0) is 20.9. The molecule has 0 aliphatic heterocycles. The maximum Gasteiger partial charge on any atom is 0.339 e. The third kappa shape index (κ3) is 5.02. The predicted octanol–water partition coefficient (Wildman–Crippen LogP) is 2.78. The van der Waals surface area contributed by atoms with Gasteiger partial charge in [0.15, 0.2) is 0 Å². The summed E-state index contributed by atoms with van der Waals surface area (Å²) in [6, 6.07) is 10.0. The number of nitrogens with two attached hydrogens (primary N) is 1. The average Bonchev–Trinajstić information content (AvgIpc) is 2.63. The van der Waals surface area contributed by atoms with Crippen LogP contribution >= 0.6 is 11.8 Å². The van der Waals surface area contributed by atoms with Crippen LogP contribution in [0.2, 0.25) is 0 Å². The van der Waals surface area contributed by atoms with E-state index in [-0.39, 0.29) is 22.0 Å². The number of urea groups is 1. The third-order valence-electron chi connectivity index (χ3n) is 3.34. The van der Waals surface area contributed by atoms with Crippen molar-refractivity contribution in [3.05, 3.63) is 48.5 Å². The molecule has 0 bridgehead atoms. The van der Waals surface area contributed by atoms with Crippen LogP contribution in [0.3, 0.4) is 0 Å². The molecule has 0 aromatic heterocycles. The molecule has 2 rings (SSSR count). The summed E-state index contributed by atoms with van der Waals surface area (Å²) in [6.07, 6.45) is 1.44. The number of rotatable bonds is 5. The molecule has 3 N–H and O–H groups in total. The van der Waals surface area contributed by atoms with E-state index in [0.717, 1.165) is 6.07 Å². The lowest BCUT2D eigenvalue weighted by Crippen LogP contribution is -2.39. The first-order valence-electron chi connectivity index (χ1n) is 7.74. The van der Waals surface area contributed by atoms with Gasteiger partial charge in [-0.25, -0.2) is 9.69 Å². The number of carbonyl (C=O) groups is 3. The smallest absolute Gasteiger partial charge is 0.339 e. The molecule has 2 aromatic carbocycles. The maximum atomic E-state index is 12.4. The molecule has 0 radical (unpaired) electrons. The monoisotopic (exact) mass is 423 g/mol. The minimum Gasteiger partial charge on any atom is -0.379 e. The molecule has 0 heterocycles. The molecule has 0 fully saturated rings. The Balaban J connectivity index is 2.52. The molecule has 28 heavy (non-hydrogen) atoms. The van der Waals surface area contributed by atoms with Gasteiger partial charge in [0.2, 0.25) is 5.91 Å². The number of primary amides is 1. The fourth-order valence-electron chi connectivity index (χ4n) is 2.20. The van der Waals surface area contributed by atoms with Gasteiger partial charge < -0.3 is 15.2 Å². The lowest BCUT2D eigenvalue weighted by Gasteiger charge is -2.21. The van der Waals surface area contributed by atoms with E-state index in [1.54, 1.807) is 6.07 Å². The Kier molecular flexibility index (Phi) is 6.65. The van der Waals surface area contributed by atoms with Crippen molar-refractivity contribution in [1.82, 2.24) is 0 Å². The molecule has 0 unspecified atom stereocenters. The molecule has 9 nitrogen and oxygen atoms in total. The van der Waals surface area contributed by atoms with Gasteiger partial charge in [0, 0.05) is 13.0 Å². The number of anilines is 2. The van der Waals surface area contributed by atoms with Crippen molar-refractivity contribution in [2.24, 2.45) is 5.73 Å². The van der Waals surface area contributed by atoms with E-state index in [9.17, 15) is 22.8 Å². The van der Waals surface area contributed by atoms with Crippen LogP contribution in [0.25, 0.3) is 0 Å². The minimum absolute atomic E-state index is 0.0746. The molecule has 4 amide bonds. The highest BCUT2D eigenvalue weighted by atomic mass is 32.2. The first-order chi connectivity index (χ1) is 13.2. The fraction of sp³-hybridized carbons (Fsp3) is 0.118. The van der Waals surface area contributed by atoms with Gasteiger partial charge >= 0.3 is 16.1 Å². The van der Waals surface area contributed by atoms with E-state index in [1.165, 1.54) is 49.6 Å². The second kappa shape index (κ2) is 8.76. The van der Waals surface area contributed by atoms with Gasteiger partial charge in [-0.2, -0.15) is 8.42 Å². The zero-order valence-electron chi connectivity index (χ0n) is 14.9. The van der Waals surface area contributed by atoms with Gasteiger partial charge in [-0.3, -0.25) is 9.59 Å². The van der Waals surface area contributed by atoms with E-state index in [0.29, 0.717) is 16.7 Å². The van der Waals surface area contributed by atoms with Crippen molar-refractivity contribution in [2.45, 2.75) is 11.8 Å². The van der Waals surface area contributed by atoms with Gasteiger partial charge in [-0.1, -0.05) is 30.0 Å². The molecule has 148 valence electrons. The molecule has 0 spiro atoms. The van der Waals surface area contributed by atoms with Gasteiger partial charge in [0.05, 0.1) is 11.4 Å². The summed E-state index contributed by atoms with van der Waals surface area (Å²) in [6.45, 7) is 1.24. The van der Waals surface area contributed by atoms with Crippen LogP contribution in [-0.2, 0) is 14.9 Å². The van der Waals surface area contributed by atoms with Crippen molar-refractivity contribution in [3.8, 4) is 5.75 Å². The van der Waals surface area contributed by atoms with Crippen LogP contribution in [0, 0.1) is 0 Å². The van der Waals surface area contributed by atoms with Crippen LogP contribution in [0.4, 0.5) is 21.0 Å². The number of imide groups is 1. The molecule has 0 saturated carbocycles. The molecule has 0 aliphatic carbocycles. The highest BCUT2D eigenvalue weighted by Gasteiger charge is 2.25. The first-order valence-corrected chi connectivity index (χ1v) is 10.4. The fourth-order valence-corrected chi connectivity index (χ4v) is 3.52. The number of amides is 4. The second-order valence-electron chi connectivity index (χ2n) is 5.35. The topological polar surface area (TPSA) is 136 Å². The summed E-state index contributed by atoms with van der Waals surface area (Å²) in [5, 5.41) is 1.73. The maximum absolute atomic E-state index is 12.4. The number of benzene rings is 2. The van der Waals surface area contributed by atoms with E-state index >= 15 is 0 Å². The van der Waals surface area contributed by atoms with E-state index in [1.807, 2.05) is 0 Å². The third-order valence-corrected chi connectivity index (χ3v) is 5.13. The van der Waals surface area contributed by atoms with Crippen LogP contribution in [0.1, 0.15) is 6.92 Å². The second-order valence-corrected chi connectivity index (χ2v) is 7.66. The Morgan fingerprint density at radius 3 is 2.29 bits per heavy atom. The van der Waals surface area contributed by atoms with Crippen molar-refractivity contribution in [3.63, 3.8) is 0 Å². The SMILES string of the molecule is CSC(=O)N(C(N)=O)c1cc(OS(=O)(=O)c2ccccc2)ccc1NC(C)=O. The van der Waals surface area contributed by atoms with Crippen molar-refractivity contribution >= 4 is 50.4 Å². The number of nitrogens with zero attached hydrogens (tertiary/aromatic N) is 1. The molecule has 0 aliphatic rings. The minimum atomic E-state index is -4.15. The summed E-state index contributed by atoms with van der Waals surface area (Å²) < 4.78 is 29.9. The quantitative estimate of drug-likeness (QED) is 0.706. The van der Waals surface area contributed by atoms with Gasteiger partial charge in [0.25, 0.3) is 5.24 Å². The zero-order valence-corrected chi connectivity index (χ0v) is 16.5. The molecule has 0 saturated heterocycles. The van der Waals surface area contributed by atoms with E-state index in [2.05, 4.69) is 5.32 Å². The standard InChI is InChI=1S/C17H17N3O6S2/c1-11(21)19-14-9-8-12(10-15(14)20(16(18)22)17(23)27-2)26-28(24,25)13-6-4-3-5-7-13/h3-10H,1-2H3,(H2,18,22)(H,19,21). The van der Waals surface area contributed by atoms with Crippen LogP contribution in [-0.4, -0.2) is 31.9 Å². The van der Waals surface area contributed by atoms with Crippen molar-refractivity contribution < 1.29 is 27.0 Å². The largest absolute Gasteiger partial charge is 0.379 e. The molecule has 0 atom stereocenters. The Labute approximate surface area is 166 Å². The van der Waals surface area contributed by atoms with Gasteiger partial charge in [0.1, 0.15) is 10.6 Å². The highest BCUT2D eigenvalue weighted by Crippen LogP contribution is 2.33. The summed E-state index contributed by atoms with van der Waals surface area (Å²) in [5.74, 6) is -0.638. The summed E-state index contributed by atoms with van der Waals surface area (Å²) in [4.78, 5) is 35.9.